The first-order valence-electron chi connectivity index (χ1n) is 7.97. The number of carbonyl (C=O) groups is 1. The third-order valence-corrected chi connectivity index (χ3v) is 5.58. The van der Waals surface area contributed by atoms with Crippen LogP contribution in [0.2, 0.25) is 0 Å². The van der Waals surface area contributed by atoms with Crippen molar-refractivity contribution in [3.05, 3.63) is 42.5 Å². The zero-order valence-electron chi connectivity index (χ0n) is 13.9. The van der Waals surface area contributed by atoms with E-state index in [-0.39, 0.29) is 16.6 Å². The molecule has 1 aromatic heterocycles. The molecule has 6 nitrogen and oxygen atoms in total. The third-order valence-electron chi connectivity index (χ3n) is 3.85. The lowest BCUT2D eigenvalue weighted by atomic mass is 10.1. The SMILES string of the molecule is CCC(=O)Nc1ccccc1-c1nc2cc(S(=O)(=O)CC)ccc2o1. The second kappa shape index (κ2) is 6.68. The monoisotopic (exact) mass is 358 g/mol. The van der Waals surface area contributed by atoms with Gasteiger partial charge in [-0.05, 0) is 30.3 Å². The normalized spacial score (nSPS) is 11.6. The molecule has 2 aromatic carbocycles. The van der Waals surface area contributed by atoms with Crippen molar-refractivity contribution in [3.63, 3.8) is 0 Å². The van der Waals surface area contributed by atoms with Gasteiger partial charge >= 0.3 is 0 Å². The molecule has 0 fully saturated rings. The van der Waals surface area contributed by atoms with Crippen molar-refractivity contribution in [3.8, 4) is 11.5 Å². The summed E-state index contributed by atoms with van der Waals surface area (Å²) in [4.78, 5) is 16.3. The van der Waals surface area contributed by atoms with Crippen LogP contribution in [0.25, 0.3) is 22.6 Å². The van der Waals surface area contributed by atoms with E-state index in [0.717, 1.165) is 0 Å². The summed E-state index contributed by atoms with van der Waals surface area (Å²) in [5.41, 5.74) is 2.19. The van der Waals surface area contributed by atoms with E-state index < -0.39 is 9.84 Å². The molecule has 0 radical (unpaired) electrons. The number of sulfone groups is 1. The highest BCUT2D eigenvalue weighted by Crippen LogP contribution is 2.31. The van der Waals surface area contributed by atoms with Gasteiger partial charge in [0.25, 0.3) is 0 Å². The molecule has 1 N–H and O–H groups in total. The average Bonchev–Trinajstić information content (AvgIpc) is 3.05. The molecule has 1 amide bonds. The van der Waals surface area contributed by atoms with E-state index >= 15 is 0 Å². The molecule has 7 heteroatoms. The Morgan fingerprint density at radius 1 is 1.16 bits per heavy atom. The molecule has 0 bridgehead atoms. The largest absolute Gasteiger partial charge is 0.436 e. The number of benzene rings is 2. The van der Waals surface area contributed by atoms with E-state index in [2.05, 4.69) is 10.3 Å². The first kappa shape index (κ1) is 17.2. The number of oxazole rings is 1. The second-order valence-corrected chi connectivity index (χ2v) is 7.78. The maximum absolute atomic E-state index is 12.0. The van der Waals surface area contributed by atoms with Crippen LogP contribution in [0.5, 0.6) is 0 Å². The first-order chi connectivity index (χ1) is 11.9. The summed E-state index contributed by atoms with van der Waals surface area (Å²) in [6, 6.07) is 11.8. The standard InChI is InChI=1S/C18H18N2O4S/c1-3-17(21)19-14-8-6-5-7-13(14)18-20-15-11-12(25(22,23)4-2)9-10-16(15)24-18/h5-11H,3-4H2,1-2H3,(H,19,21). The molecule has 0 aliphatic heterocycles. The molecular formula is C18H18N2O4S. The van der Waals surface area contributed by atoms with E-state index in [1.807, 2.05) is 12.1 Å². The molecular weight excluding hydrogens is 340 g/mol. The number of aromatic nitrogens is 1. The Morgan fingerprint density at radius 3 is 2.64 bits per heavy atom. The highest BCUT2D eigenvalue weighted by molar-refractivity contribution is 7.91. The van der Waals surface area contributed by atoms with Gasteiger partial charge in [0, 0.05) is 6.42 Å². The van der Waals surface area contributed by atoms with Crippen molar-refractivity contribution in [1.82, 2.24) is 4.98 Å². The van der Waals surface area contributed by atoms with Crippen LogP contribution in [-0.4, -0.2) is 25.1 Å². The summed E-state index contributed by atoms with van der Waals surface area (Å²) in [6.07, 6.45) is 0.361. The molecule has 0 spiro atoms. The van der Waals surface area contributed by atoms with Crippen LogP contribution < -0.4 is 5.32 Å². The van der Waals surface area contributed by atoms with Gasteiger partial charge in [-0.1, -0.05) is 26.0 Å². The van der Waals surface area contributed by atoms with E-state index in [1.165, 1.54) is 12.1 Å². The third kappa shape index (κ3) is 3.41. The Hall–Kier alpha value is -2.67. The van der Waals surface area contributed by atoms with Crippen molar-refractivity contribution in [1.29, 1.82) is 0 Å². The minimum Gasteiger partial charge on any atom is -0.436 e. The molecule has 0 unspecified atom stereocenters. The number of nitrogens with zero attached hydrogens (tertiary/aromatic N) is 1. The van der Waals surface area contributed by atoms with E-state index in [4.69, 9.17) is 4.42 Å². The number of hydrogen-bond acceptors (Lipinski definition) is 5. The smallest absolute Gasteiger partial charge is 0.229 e. The lowest BCUT2D eigenvalue weighted by Crippen LogP contribution is -2.10. The van der Waals surface area contributed by atoms with Crippen LogP contribution in [0.3, 0.4) is 0 Å². The van der Waals surface area contributed by atoms with Crippen LogP contribution in [0.15, 0.2) is 51.8 Å². The van der Waals surface area contributed by atoms with Gasteiger partial charge in [-0.15, -0.1) is 0 Å². The molecule has 25 heavy (non-hydrogen) atoms. The highest BCUT2D eigenvalue weighted by Gasteiger charge is 2.17. The number of hydrogen-bond donors (Lipinski definition) is 1. The molecule has 130 valence electrons. The van der Waals surface area contributed by atoms with Gasteiger partial charge in [0.1, 0.15) is 5.52 Å². The zero-order valence-corrected chi connectivity index (χ0v) is 14.8. The lowest BCUT2D eigenvalue weighted by molar-refractivity contribution is -0.115. The van der Waals surface area contributed by atoms with Crippen molar-refractivity contribution in [2.75, 3.05) is 11.1 Å². The summed E-state index contributed by atoms with van der Waals surface area (Å²) in [5, 5.41) is 2.81. The van der Waals surface area contributed by atoms with Crippen molar-refractivity contribution < 1.29 is 17.6 Å². The van der Waals surface area contributed by atoms with Crippen LogP contribution in [0.4, 0.5) is 5.69 Å². The Bertz CT molecular complexity index is 1040. The molecule has 1 heterocycles. The molecule has 0 saturated heterocycles. The van der Waals surface area contributed by atoms with E-state index in [0.29, 0.717) is 34.7 Å². The molecule has 0 atom stereocenters. The summed E-state index contributed by atoms with van der Waals surface area (Å²) in [6.45, 7) is 3.37. The lowest BCUT2D eigenvalue weighted by Gasteiger charge is -2.07. The Kier molecular flexibility index (Phi) is 4.59. The molecule has 0 saturated carbocycles. The number of nitrogens with one attached hydrogen (secondary N) is 1. The molecule has 3 aromatic rings. The average molecular weight is 358 g/mol. The second-order valence-electron chi connectivity index (χ2n) is 5.50. The van der Waals surface area contributed by atoms with Crippen molar-refractivity contribution in [2.24, 2.45) is 0 Å². The van der Waals surface area contributed by atoms with Gasteiger partial charge in [-0.25, -0.2) is 13.4 Å². The van der Waals surface area contributed by atoms with Crippen molar-refractivity contribution >= 4 is 32.5 Å². The highest BCUT2D eigenvalue weighted by atomic mass is 32.2. The Balaban J connectivity index is 2.07. The number of amides is 1. The topological polar surface area (TPSA) is 89.3 Å². The summed E-state index contributed by atoms with van der Waals surface area (Å²) in [7, 11) is -3.31. The maximum Gasteiger partial charge on any atom is 0.229 e. The number of rotatable bonds is 5. The molecule has 3 rings (SSSR count). The van der Waals surface area contributed by atoms with Crippen molar-refractivity contribution in [2.45, 2.75) is 25.2 Å². The summed E-state index contributed by atoms with van der Waals surface area (Å²) in [5.74, 6) is 0.239. The fourth-order valence-corrected chi connectivity index (χ4v) is 3.30. The number of carbonyl (C=O) groups excluding carboxylic acids is 1. The quantitative estimate of drug-likeness (QED) is 0.752. The number of fused-ring (bicyclic) bond motifs is 1. The van der Waals surface area contributed by atoms with Crippen LogP contribution >= 0.6 is 0 Å². The zero-order chi connectivity index (χ0) is 18.0. The summed E-state index contributed by atoms with van der Waals surface area (Å²) >= 11 is 0. The van der Waals surface area contributed by atoms with Gasteiger partial charge in [-0.3, -0.25) is 4.79 Å². The molecule has 0 aliphatic carbocycles. The fraction of sp³-hybridized carbons (Fsp3) is 0.222. The number of para-hydroxylation sites is 1. The van der Waals surface area contributed by atoms with Gasteiger partial charge in [0.15, 0.2) is 15.4 Å². The number of anilines is 1. The predicted molar refractivity (Wildman–Crippen MR) is 96.1 cm³/mol. The predicted octanol–water partition coefficient (Wildman–Crippen LogP) is 3.64. The Morgan fingerprint density at radius 2 is 1.92 bits per heavy atom. The minimum absolute atomic E-state index is 0.0229. The van der Waals surface area contributed by atoms with Crippen LogP contribution in [0, 0.1) is 0 Å². The maximum atomic E-state index is 12.0. The fourth-order valence-electron chi connectivity index (χ4n) is 2.40. The van der Waals surface area contributed by atoms with E-state index in [9.17, 15) is 13.2 Å². The van der Waals surface area contributed by atoms with E-state index in [1.54, 1.807) is 32.0 Å². The minimum atomic E-state index is -3.31. The van der Waals surface area contributed by atoms with Crippen LogP contribution in [-0.2, 0) is 14.6 Å². The summed E-state index contributed by atoms with van der Waals surface area (Å²) < 4.78 is 29.8. The van der Waals surface area contributed by atoms with Gasteiger partial charge < -0.3 is 9.73 Å². The molecule has 0 aliphatic rings. The Labute approximate surface area is 145 Å². The van der Waals surface area contributed by atoms with Gasteiger partial charge in [0.05, 0.1) is 21.9 Å². The van der Waals surface area contributed by atoms with Gasteiger partial charge in [-0.2, -0.15) is 0 Å². The van der Waals surface area contributed by atoms with Gasteiger partial charge in [0.2, 0.25) is 11.8 Å². The first-order valence-corrected chi connectivity index (χ1v) is 9.62. The van der Waals surface area contributed by atoms with Crippen LogP contribution in [0.1, 0.15) is 20.3 Å².